The fourth-order valence-corrected chi connectivity index (χ4v) is 2.99. The van der Waals surface area contributed by atoms with Crippen LogP contribution in [0.2, 0.25) is 0 Å². The fourth-order valence-electron chi connectivity index (χ4n) is 1.96. The molecule has 1 atom stereocenters. The number of carbonyl (C=O) groups is 2. The van der Waals surface area contributed by atoms with Crippen LogP contribution in [-0.4, -0.2) is 34.8 Å². The first-order chi connectivity index (χ1) is 11.2. The van der Waals surface area contributed by atoms with E-state index in [4.69, 9.17) is 0 Å². The molecular weight excluding hydrogens is 330 g/mol. The summed E-state index contributed by atoms with van der Waals surface area (Å²) in [6, 6.07) is 8.36. The maximum Gasteiger partial charge on any atom is 0.251 e. The lowest BCUT2D eigenvalue weighted by Gasteiger charge is -2.18. The topological polar surface area (TPSA) is 71.1 Å². The number of hydrogen-bond acceptors (Lipinski definition) is 5. The zero-order chi connectivity index (χ0) is 16.5. The maximum atomic E-state index is 12.4. The molecule has 1 aromatic heterocycles. The van der Waals surface area contributed by atoms with Gasteiger partial charge in [-0.05, 0) is 30.6 Å². The SMILES string of the molecule is CSCC[C@H](NC(=O)c1ccccc1)C(=O)NCc1cscn1. The molecule has 0 aliphatic carbocycles. The minimum atomic E-state index is -0.547. The standard InChI is InChI=1S/C16H19N3O2S2/c1-22-8-7-14(16(21)17-9-13-10-23-11-18-13)19-15(20)12-5-3-2-4-6-12/h2-6,10-11,14H,7-9H2,1H3,(H,17,21)(H,19,20)/t14-/m0/s1. The third-order valence-electron chi connectivity index (χ3n) is 3.20. The van der Waals surface area contributed by atoms with Crippen LogP contribution in [0.15, 0.2) is 41.2 Å². The number of amides is 2. The normalized spacial score (nSPS) is 11.7. The summed E-state index contributed by atoms with van der Waals surface area (Å²) in [5.74, 6) is 0.376. The van der Waals surface area contributed by atoms with Crippen molar-refractivity contribution in [1.82, 2.24) is 15.6 Å². The van der Waals surface area contributed by atoms with Gasteiger partial charge in [-0.2, -0.15) is 11.8 Å². The number of carbonyl (C=O) groups excluding carboxylic acids is 2. The van der Waals surface area contributed by atoms with Gasteiger partial charge in [0.25, 0.3) is 5.91 Å². The van der Waals surface area contributed by atoms with Gasteiger partial charge in [0.1, 0.15) is 6.04 Å². The molecule has 23 heavy (non-hydrogen) atoms. The molecule has 0 saturated carbocycles. The average molecular weight is 349 g/mol. The summed E-state index contributed by atoms with van der Waals surface area (Å²) in [7, 11) is 0. The number of hydrogen-bond donors (Lipinski definition) is 2. The van der Waals surface area contributed by atoms with Gasteiger partial charge in [-0.1, -0.05) is 18.2 Å². The summed E-state index contributed by atoms with van der Waals surface area (Å²) in [4.78, 5) is 28.7. The zero-order valence-corrected chi connectivity index (χ0v) is 14.5. The Labute approximate surface area is 143 Å². The molecule has 0 saturated heterocycles. The van der Waals surface area contributed by atoms with Crippen LogP contribution in [0.3, 0.4) is 0 Å². The Morgan fingerprint density at radius 1 is 1.30 bits per heavy atom. The highest BCUT2D eigenvalue weighted by atomic mass is 32.2. The first-order valence-corrected chi connectivity index (χ1v) is 9.54. The Morgan fingerprint density at radius 3 is 2.74 bits per heavy atom. The molecule has 0 unspecified atom stereocenters. The molecule has 7 heteroatoms. The van der Waals surface area contributed by atoms with Crippen molar-refractivity contribution in [3.05, 3.63) is 52.5 Å². The molecule has 122 valence electrons. The summed E-state index contributed by atoms with van der Waals surface area (Å²) in [6.45, 7) is 0.374. The van der Waals surface area contributed by atoms with Gasteiger partial charge in [0.15, 0.2) is 0 Å². The molecule has 5 nitrogen and oxygen atoms in total. The number of aromatic nitrogens is 1. The number of nitrogens with zero attached hydrogens (tertiary/aromatic N) is 1. The molecule has 1 heterocycles. The molecular formula is C16H19N3O2S2. The summed E-state index contributed by atoms with van der Waals surface area (Å²) < 4.78 is 0. The van der Waals surface area contributed by atoms with Crippen molar-refractivity contribution in [2.24, 2.45) is 0 Å². The van der Waals surface area contributed by atoms with Crippen LogP contribution < -0.4 is 10.6 Å². The first-order valence-electron chi connectivity index (χ1n) is 7.20. The summed E-state index contributed by atoms with van der Waals surface area (Å²) in [6.07, 6.45) is 2.56. The fraction of sp³-hybridized carbons (Fsp3) is 0.312. The Bertz CT molecular complexity index is 618. The molecule has 0 aliphatic rings. The van der Waals surface area contributed by atoms with Gasteiger partial charge in [-0.15, -0.1) is 11.3 Å². The zero-order valence-electron chi connectivity index (χ0n) is 12.8. The molecule has 0 radical (unpaired) electrons. The molecule has 0 fully saturated rings. The van der Waals surface area contributed by atoms with Crippen molar-refractivity contribution in [3.8, 4) is 0 Å². The van der Waals surface area contributed by atoms with E-state index in [1.54, 1.807) is 41.5 Å². The smallest absolute Gasteiger partial charge is 0.251 e. The lowest BCUT2D eigenvalue weighted by molar-refractivity contribution is -0.123. The summed E-state index contributed by atoms with van der Waals surface area (Å²) in [5, 5.41) is 7.54. The average Bonchev–Trinajstić information content (AvgIpc) is 3.10. The van der Waals surface area contributed by atoms with Crippen LogP contribution in [0, 0.1) is 0 Å². The Hall–Kier alpha value is -1.86. The van der Waals surface area contributed by atoms with Gasteiger partial charge >= 0.3 is 0 Å². The van der Waals surface area contributed by atoms with Crippen molar-refractivity contribution in [2.75, 3.05) is 12.0 Å². The van der Waals surface area contributed by atoms with Crippen LogP contribution in [0.25, 0.3) is 0 Å². The Morgan fingerprint density at radius 2 is 2.09 bits per heavy atom. The minimum Gasteiger partial charge on any atom is -0.349 e. The highest BCUT2D eigenvalue weighted by molar-refractivity contribution is 7.98. The lowest BCUT2D eigenvalue weighted by atomic mass is 10.1. The summed E-state index contributed by atoms with van der Waals surface area (Å²) in [5.41, 5.74) is 3.10. The van der Waals surface area contributed by atoms with Crippen LogP contribution in [0.5, 0.6) is 0 Å². The van der Waals surface area contributed by atoms with E-state index < -0.39 is 6.04 Å². The second-order valence-corrected chi connectivity index (χ2v) is 6.58. The molecule has 2 aromatic rings. The molecule has 0 aliphatic heterocycles. The summed E-state index contributed by atoms with van der Waals surface area (Å²) >= 11 is 3.13. The van der Waals surface area contributed by atoms with Crippen LogP contribution in [-0.2, 0) is 11.3 Å². The van der Waals surface area contributed by atoms with Crippen molar-refractivity contribution in [2.45, 2.75) is 19.0 Å². The van der Waals surface area contributed by atoms with Gasteiger partial charge < -0.3 is 10.6 Å². The second kappa shape index (κ2) is 9.32. The number of benzene rings is 1. The van der Waals surface area contributed by atoms with Gasteiger partial charge in [0, 0.05) is 10.9 Å². The van der Waals surface area contributed by atoms with Crippen LogP contribution >= 0.6 is 23.1 Å². The molecule has 0 bridgehead atoms. The lowest BCUT2D eigenvalue weighted by Crippen LogP contribution is -2.46. The number of nitrogens with one attached hydrogen (secondary N) is 2. The second-order valence-electron chi connectivity index (χ2n) is 4.87. The van der Waals surface area contributed by atoms with Gasteiger partial charge in [0.05, 0.1) is 17.7 Å². The molecule has 0 spiro atoms. The molecule has 2 rings (SSSR count). The number of thioether (sulfide) groups is 1. The predicted octanol–water partition coefficient (Wildman–Crippen LogP) is 2.31. The van der Waals surface area contributed by atoms with Crippen molar-refractivity contribution in [1.29, 1.82) is 0 Å². The van der Waals surface area contributed by atoms with E-state index in [0.29, 0.717) is 18.5 Å². The first kappa shape index (κ1) is 17.5. The van der Waals surface area contributed by atoms with E-state index in [2.05, 4.69) is 15.6 Å². The maximum absolute atomic E-state index is 12.4. The van der Waals surface area contributed by atoms with E-state index in [-0.39, 0.29) is 11.8 Å². The molecule has 2 N–H and O–H groups in total. The van der Waals surface area contributed by atoms with Gasteiger partial charge in [-0.25, -0.2) is 4.98 Å². The van der Waals surface area contributed by atoms with E-state index in [0.717, 1.165) is 11.4 Å². The van der Waals surface area contributed by atoms with Gasteiger partial charge in [0.2, 0.25) is 5.91 Å². The van der Waals surface area contributed by atoms with Crippen LogP contribution in [0.4, 0.5) is 0 Å². The van der Waals surface area contributed by atoms with E-state index in [1.165, 1.54) is 11.3 Å². The largest absolute Gasteiger partial charge is 0.349 e. The predicted molar refractivity (Wildman–Crippen MR) is 94.7 cm³/mol. The van der Waals surface area contributed by atoms with E-state index in [9.17, 15) is 9.59 Å². The quantitative estimate of drug-likeness (QED) is 0.767. The van der Waals surface area contributed by atoms with E-state index in [1.807, 2.05) is 17.7 Å². The van der Waals surface area contributed by atoms with Crippen molar-refractivity contribution in [3.63, 3.8) is 0 Å². The third-order valence-corrected chi connectivity index (χ3v) is 4.47. The number of rotatable bonds is 8. The Kier molecular flexibility index (Phi) is 7.09. The third kappa shape index (κ3) is 5.69. The van der Waals surface area contributed by atoms with E-state index >= 15 is 0 Å². The Balaban J connectivity index is 1.95. The molecule has 2 amide bonds. The van der Waals surface area contributed by atoms with Gasteiger partial charge in [-0.3, -0.25) is 9.59 Å². The van der Waals surface area contributed by atoms with Crippen molar-refractivity contribution >= 4 is 34.9 Å². The molecule has 1 aromatic carbocycles. The highest BCUT2D eigenvalue weighted by Gasteiger charge is 2.20. The highest BCUT2D eigenvalue weighted by Crippen LogP contribution is 2.05. The van der Waals surface area contributed by atoms with Crippen LogP contribution in [0.1, 0.15) is 22.5 Å². The minimum absolute atomic E-state index is 0.184. The van der Waals surface area contributed by atoms with Crippen molar-refractivity contribution < 1.29 is 9.59 Å². The number of thiazole rings is 1. The monoisotopic (exact) mass is 349 g/mol.